The van der Waals surface area contributed by atoms with Gasteiger partial charge in [0.15, 0.2) is 11.7 Å². The first-order valence-corrected chi connectivity index (χ1v) is 12.1. The fraction of sp³-hybridized carbons (Fsp3) is 0.333. The molecule has 3 aromatic rings. The van der Waals surface area contributed by atoms with Crippen LogP contribution in [-0.2, 0) is 6.54 Å². The highest BCUT2D eigenvalue weighted by Crippen LogP contribution is 2.23. The molecule has 0 spiro atoms. The molecule has 2 aliphatic heterocycles. The number of fused-ring (bicyclic) bond motifs is 1. The molecule has 180 valence electrons. The Morgan fingerprint density at radius 3 is 2.69 bits per heavy atom. The van der Waals surface area contributed by atoms with E-state index in [1.807, 2.05) is 47.9 Å². The highest BCUT2D eigenvalue weighted by atomic mass is 15.3. The molecule has 0 atom stereocenters. The van der Waals surface area contributed by atoms with Crippen molar-refractivity contribution in [3.8, 4) is 0 Å². The fourth-order valence-electron chi connectivity index (χ4n) is 4.48. The van der Waals surface area contributed by atoms with Crippen molar-refractivity contribution in [2.24, 2.45) is 4.99 Å². The van der Waals surface area contributed by atoms with E-state index in [1.54, 1.807) is 0 Å². The molecule has 0 amide bonds. The number of rotatable bonds is 5. The molecule has 0 aliphatic carbocycles. The number of allylic oxidation sites excluding steroid dienone is 3. The van der Waals surface area contributed by atoms with Crippen LogP contribution in [0.1, 0.15) is 29.9 Å². The molecule has 1 fully saturated rings. The summed E-state index contributed by atoms with van der Waals surface area (Å²) in [4.78, 5) is 14.5. The Hall–Kier alpha value is -3.78. The van der Waals surface area contributed by atoms with E-state index in [2.05, 4.69) is 63.2 Å². The zero-order valence-corrected chi connectivity index (χ0v) is 20.4. The van der Waals surface area contributed by atoms with Crippen LogP contribution >= 0.6 is 0 Å². The third-order valence-electron chi connectivity index (χ3n) is 6.52. The van der Waals surface area contributed by atoms with Crippen LogP contribution in [0.3, 0.4) is 0 Å². The lowest BCUT2D eigenvalue weighted by atomic mass is 10.1. The van der Waals surface area contributed by atoms with Crippen molar-refractivity contribution in [3.63, 3.8) is 0 Å². The predicted molar refractivity (Wildman–Crippen MR) is 140 cm³/mol. The summed E-state index contributed by atoms with van der Waals surface area (Å²) < 4.78 is 2.00. The number of nitrogens with one attached hydrogen (secondary N) is 1. The van der Waals surface area contributed by atoms with E-state index >= 15 is 0 Å². The first-order chi connectivity index (χ1) is 17.1. The molecule has 5 rings (SSSR count). The number of anilines is 1. The second-order valence-electron chi connectivity index (χ2n) is 9.15. The average molecular weight is 469 g/mol. The molecule has 2 aliphatic rings. The Morgan fingerprint density at radius 1 is 1.09 bits per heavy atom. The molecule has 4 heterocycles. The Balaban J connectivity index is 1.57. The van der Waals surface area contributed by atoms with Gasteiger partial charge in [-0.15, -0.1) is 10.2 Å². The molecule has 35 heavy (non-hydrogen) atoms. The summed E-state index contributed by atoms with van der Waals surface area (Å²) in [5.74, 6) is 2.33. The summed E-state index contributed by atoms with van der Waals surface area (Å²) in [6, 6.07) is 10.7. The van der Waals surface area contributed by atoms with E-state index in [0.717, 1.165) is 60.4 Å². The normalized spacial score (nSPS) is 19.7. The lowest BCUT2D eigenvalue weighted by molar-refractivity contribution is 0.263. The molecule has 1 aromatic carbocycles. The van der Waals surface area contributed by atoms with Crippen LogP contribution in [-0.4, -0.2) is 67.9 Å². The molecule has 0 bridgehead atoms. The molecule has 1 N–H and O–H groups in total. The smallest absolute Gasteiger partial charge is 0.203 e. The zero-order valence-electron chi connectivity index (χ0n) is 20.4. The van der Waals surface area contributed by atoms with Crippen LogP contribution in [0.4, 0.5) is 5.82 Å². The molecule has 8 nitrogen and oxygen atoms in total. The minimum atomic E-state index is 0.346. The SMILES string of the molecule is C=C1/C=C\C=C/CN=C(c2cn3c(C)nnc3c(NC3CCN(C)CC3)n2)N1Cc1ccccc1. The minimum Gasteiger partial charge on any atom is -0.364 e. The molecular weight excluding hydrogens is 436 g/mol. The number of aryl methyl sites for hydroxylation is 1. The van der Waals surface area contributed by atoms with Crippen LogP contribution in [0.15, 0.2) is 78.1 Å². The summed E-state index contributed by atoms with van der Waals surface area (Å²) >= 11 is 0. The van der Waals surface area contributed by atoms with Crippen molar-refractivity contribution < 1.29 is 0 Å². The zero-order chi connectivity index (χ0) is 24.2. The van der Waals surface area contributed by atoms with Gasteiger partial charge in [-0.3, -0.25) is 9.39 Å². The number of aliphatic imine (C=N–C) groups is 1. The standard InChI is InChI=1S/C27H32N8/c1-20-10-6-5-9-15-28-26(34(20)18-22-11-7-4-8-12-22)24-19-35-21(2)31-32-27(35)25(30-24)29-23-13-16-33(3)17-14-23/h4-12,19,23H,1,13-18H2,2-3H3,(H,29,30)/b9-5-,10-6-,28-26?. The van der Waals surface area contributed by atoms with E-state index in [1.165, 1.54) is 5.56 Å². The average Bonchev–Trinajstić information content (AvgIpc) is 3.28. The summed E-state index contributed by atoms with van der Waals surface area (Å²) in [6.07, 6.45) is 12.2. The summed E-state index contributed by atoms with van der Waals surface area (Å²) in [5, 5.41) is 12.4. The number of piperidine rings is 1. The van der Waals surface area contributed by atoms with Crippen molar-refractivity contribution in [2.45, 2.75) is 32.4 Å². The quantitative estimate of drug-likeness (QED) is 0.614. The third kappa shape index (κ3) is 5.17. The van der Waals surface area contributed by atoms with Crippen LogP contribution in [0.2, 0.25) is 0 Å². The molecule has 0 unspecified atom stereocenters. The van der Waals surface area contributed by atoms with Crippen molar-refractivity contribution >= 4 is 17.3 Å². The largest absolute Gasteiger partial charge is 0.364 e. The summed E-state index contributed by atoms with van der Waals surface area (Å²) in [5.41, 5.74) is 3.53. The maximum atomic E-state index is 5.07. The van der Waals surface area contributed by atoms with E-state index in [-0.39, 0.29) is 0 Å². The third-order valence-corrected chi connectivity index (χ3v) is 6.52. The number of nitrogens with zero attached hydrogens (tertiary/aromatic N) is 7. The van der Waals surface area contributed by atoms with Gasteiger partial charge < -0.3 is 15.1 Å². The maximum absolute atomic E-state index is 5.07. The van der Waals surface area contributed by atoms with E-state index in [4.69, 9.17) is 9.98 Å². The highest BCUT2D eigenvalue weighted by Gasteiger charge is 2.23. The van der Waals surface area contributed by atoms with Gasteiger partial charge in [-0.1, -0.05) is 55.1 Å². The number of benzene rings is 1. The highest BCUT2D eigenvalue weighted by molar-refractivity contribution is 5.99. The van der Waals surface area contributed by atoms with Gasteiger partial charge in [0.25, 0.3) is 0 Å². The molecule has 0 radical (unpaired) electrons. The van der Waals surface area contributed by atoms with Gasteiger partial charge in [0.1, 0.15) is 11.5 Å². The number of aromatic nitrogens is 4. The van der Waals surface area contributed by atoms with Crippen LogP contribution in [0.25, 0.3) is 5.65 Å². The van der Waals surface area contributed by atoms with Gasteiger partial charge in [0, 0.05) is 24.5 Å². The molecule has 8 heteroatoms. The molecular formula is C27H32N8. The second-order valence-corrected chi connectivity index (χ2v) is 9.15. The number of hydrogen-bond acceptors (Lipinski definition) is 7. The minimum absolute atomic E-state index is 0.346. The van der Waals surface area contributed by atoms with Gasteiger partial charge in [0.2, 0.25) is 5.65 Å². The van der Waals surface area contributed by atoms with Crippen LogP contribution in [0.5, 0.6) is 0 Å². The summed E-state index contributed by atoms with van der Waals surface area (Å²) in [7, 11) is 2.17. The van der Waals surface area contributed by atoms with Crippen molar-refractivity contribution in [3.05, 3.63) is 90.2 Å². The van der Waals surface area contributed by atoms with E-state index < -0.39 is 0 Å². The molecule has 0 saturated carbocycles. The topological polar surface area (TPSA) is 74.0 Å². The molecule has 1 saturated heterocycles. The Labute approximate surface area is 206 Å². The van der Waals surface area contributed by atoms with Crippen LogP contribution < -0.4 is 5.32 Å². The second kappa shape index (κ2) is 10.2. The predicted octanol–water partition coefficient (Wildman–Crippen LogP) is 3.83. The Bertz CT molecular complexity index is 1280. The first-order valence-electron chi connectivity index (χ1n) is 12.1. The van der Waals surface area contributed by atoms with Crippen molar-refractivity contribution in [1.29, 1.82) is 0 Å². The van der Waals surface area contributed by atoms with Gasteiger partial charge in [-0.05, 0) is 51.5 Å². The fourth-order valence-corrected chi connectivity index (χ4v) is 4.48. The Kier molecular flexibility index (Phi) is 6.72. The molecule has 2 aromatic heterocycles. The van der Waals surface area contributed by atoms with E-state index in [9.17, 15) is 0 Å². The maximum Gasteiger partial charge on any atom is 0.203 e. The van der Waals surface area contributed by atoms with Crippen molar-refractivity contribution in [1.82, 2.24) is 29.4 Å². The number of amidine groups is 1. The van der Waals surface area contributed by atoms with Gasteiger partial charge in [0.05, 0.1) is 6.54 Å². The lowest BCUT2D eigenvalue weighted by Gasteiger charge is -2.30. The number of hydrogen-bond donors (Lipinski definition) is 1. The summed E-state index contributed by atoms with van der Waals surface area (Å²) in [6.45, 7) is 9.63. The number of likely N-dealkylation sites (tertiary alicyclic amines) is 1. The van der Waals surface area contributed by atoms with E-state index in [0.29, 0.717) is 19.1 Å². The Morgan fingerprint density at radius 2 is 1.89 bits per heavy atom. The first kappa shape index (κ1) is 23.0. The lowest BCUT2D eigenvalue weighted by Crippen LogP contribution is -2.37. The monoisotopic (exact) mass is 468 g/mol. The van der Waals surface area contributed by atoms with Gasteiger partial charge >= 0.3 is 0 Å². The van der Waals surface area contributed by atoms with Gasteiger partial charge in [-0.2, -0.15) is 0 Å². The van der Waals surface area contributed by atoms with Gasteiger partial charge in [-0.25, -0.2) is 4.98 Å². The van der Waals surface area contributed by atoms with Crippen LogP contribution in [0, 0.1) is 6.92 Å². The van der Waals surface area contributed by atoms with Crippen molar-refractivity contribution in [2.75, 3.05) is 32.0 Å².